The number of carbonyl (C=O) groups is 4. The summed E-state index contributed by atoms with van der Waals surface area (Å²) in [6.07, 6.45) is 6.87. The van der Waals surface area contributed by atoms with E-state index in [1.54, 1.807) is 14.1 Å². The van der Waals surface area contributed by atoms with Gasteiger partial charge in [-0.1, -0.05) is 59.7 Å². The largest absolute Gasteiger partial charge is 0.369 e. The Labute approximate surface area is 303 Å². The number of hydrogen-bond donors (Lipinski definition) is 7. The molecule has 0 saturated heterocycles. The van der Waals surface area contributed by atoms with Crippen LogP contribution in [0.25, 0.3) is 0 Å². The number of rotatable bonds is 29. The number of hydrogen-bond acceptors (Lipinski definition) is 9. The molecule has 0 bridgehead atoms. The Kier molecular flexibility index (Phi) is 32.1. The first-order valence-electron chi connectivity index (χ1n) is 16.8. The molecule has 0 aliphatic heterocycles. The van der Waals surface area contributed by atoms with Crippen molar-refractivity contribution < 1.29 is 19.2 Å². The highest BCUT2D eigenvalue weighted by Gasteiger charge is 2.28. The third-order valence-electron chi connectivity index (χ3n) is 7.34. The fraction of sp³-hybridized carbons (Fsp3) is 0.765. The summed E-state index contributed by atoms with van der Waals surface area (Å²) in [5.74, 6) is -0.486. The quantitative estimate of drug-likeness (QED) is 0.0261. The SMILES string of the molecule is C=C(C)CI.C=C(C)CSC[C@H](CC(=O)[C@H](CCCCNC(=O)[C@H](CCCCNC)NC)NC(=O)C(CCCCNC)NC)C(N)=O. The van der Waals surface area contributed by atoms with Crippen molar-refractivity contribution in [3.8, 4) is 0 Å². The predicted molar refractivity (Wildman–Crippen MR) is 208 cm³/mol. The summed E-state index contributed by atoms with van der Waals surface area (Å²) in [7, 11) is 7.34. The Morgan fingerprint density at radius 3 is 1.62 bits per heavy atom. The Bertz CT molecular complexity index is 910. The minimum Gasteiger partial charge on any atom is -0.369 e. The molecule has 0 spiro atoms. The zero-order chi connectivity index (χ0) is 36.0. The van der Waals surface area contributed by atoms with Gasteiger partial charge >= 0.3 is 0 Å². The molecule has 0 aliphatic carbocycles. The van der Waals surface area contributed by atoms with Crippen molar-refractivity contribution in [2.24, 2.45) is 11.7 Å². The van der Waals surface area contributed by atoms with Crippen LogP contribution in [-0.2, 0) is 19.2 Å². The average Bonchev–Trinajstić information content (AvgIpc) is 3.03. The third-order valence-corrected chi connectivity index (χ3v) is 9.98. The molecule has 47 heavy (non-hydrogen) atoms. The van der Waals surface area contributed by atoms with Crippen LogP contribution in [-0.4, -0.2) is 105 Å². The smallest absolute Gasteiger partial charge is 0.237 e. The normalized spacial score (nSPS) is 13.3. The Hall–Kier alpha value is -1.52. The molecule has 11 nitrogen and oxygen atoms in total. The molecule has 13 heteroatoms. The molecule has 3 amide bonds. The van der Waals surface area contributed by atoms with E-state index in [4.69, 9.17) is 5.73 Å². The number of nitrogens with two attached hydrogens (primary N) is 1. The number of halogens is 1. The van der Waals surface area contributed by atoms with E-state index in [-0.39, 0.29) is 30.1 Å². The van der Waals surface area contributed by atoms with Crippen molar-refractivity contribution in [2.45, 2.75) is 96.2 Å². The molecule has 8 N–H and O–H groups in total. The van der Waals surface area contributed by atoms with E-state index >= 15 is 0 Å². The summed E-state index contributed by atoms with van der Waals surface area (Å²) in [6.45, 7) is 13.7. The molecular formula is C34H66IN7O4S. The summed E-state index contributed by atoms with van der Waals surface area (Å²) in [5.41, 5.74) is 7.85. The Morgan fingerprint density at radius 1 is 0.723 bits per heavy atom. The number of likely N-dealkylation sites (N-methyl/N-ethyl adjacent to an activating group) is 2. The second-order valence-corrected chi connectivity index (χ2v) is 13.9. The molecule has 0 rings (SSSR count). The highest BCUT2D eigenvalue weighted by atomic mass is 127. The molecule has 0 heterocycles. The van der Waals surface area contributed by atoms with Gasteiger partial charge < -0.3 is 37.6 Å². The van der Waals surface area contributed by atoms with Gasteiger partial charge in [-0.05, 0) is 100 Å². The minimum absolute atomic E-state index is 0.0238. The number of primary amides is 1. The van der Waals surface area contributed by atoms with Gasteiger partial charge in [0.05, 0.1) is 24.0 Å². The van der Waals surface area contributed by atoms with Crippen LogP contribution in [0.1, 0.15) is 78.1 Å². The number of Topliss-reactive ketones (excluding diaryl/α,β-unsaturated/α-hetero) is 1. The first kappa shape index (κ1) is 47.6. The van der Waals surface area contributed by atoms with Crippen LogP contribution < -0.4 is 37.6 Å². The number of nitrogens with one attached hydrogen (secondary N) is 6. The lowest BCUT2D eigenvalue weighted by Crippen LogP contribution is -2.50. The maximum atomic E-state index is 13.4. The third kappa shape index (κ3) is 27.0. The number of alkyl halides is 1. The molecule has 1 unspecified atom stereocenters. The number of allylic oxidation sites excluding steroid dienone is 1. The molecule has 274 valence electrons. The Balaban J connectivity index is 0. The maximum Gasteiger partial charge on any atom is 0.237 e. The van der Waals surface area contributed by atoms with Gasteiger partial charge in [-0.15, -0.1) is 0 Å². The van der Waals surface area contributed by atoms with Crippen molar-refractivity contribution in [3.63, 3.8) is 0 Å². The van der Waals surface area contributed by atoms with Crippen LogP contribution in [0.5, 0.6) is 0 Å². The highest BCUT2D eigenvalue weighted by molar-refractivity contribution is 14.1. The monoisotopic (exact) mass is 795 g/mol. The van der Waals surface area contributed by atoms with Crippen LogP contribution in [0.4, 0.5) is 0 Å². The van der Waals surface area contributed by atoms with Gasteiger partial charge in [0.15, 0.2) is 5.78 Å². The molecule has 0 aromatic rings. The zero-order valence-electron chi connectivity index (χ0n) is 30.0. The van der Waals surface area contributed by atoms with E-state index in [2.05, 4.69) is 67.6 Å². The fourth-order valence-corrected chi connectivity index (χ4v) is 5.54. The van der Waals surface area contributed by atoms with Gasteiger partial charge in [0.25, 0.3) is 0 Å². The second kappa shape index (κ2) is 31.7. The lowest BCUT2D eigenvalue weighted by Gasteiger charge is -2.23. The van der Waals surface area contributed by atoms with E-state index in [1.807, 2.05) is 27.9 Å². The van der Waals surface area contributed by atoms with Gasteiger partial charge in [-0.3, -0.25) is 19.2 Å². The van der Waals surface area contributed by atoms with Crippen LogP contribution >= 0.6 is 34.4 Å². The van der Waals surface area contributed by atoms with Crippen molar-refractivity contribution in [2.75, 3.05) is 63.8 Å². The summed E-state index contributed by atoms with van der Waals surface area (Å²) in [6, 6.07) is -1.39. The molecule has 0 aromatic carbocycles. The molecular weight excluding hydrogens is 729 g/mol. The minimum atomic E-state index is -0.730. The first-order chi connectivity index (χ1) is 22.4. The van der Waals surface area contributed by atoms with Gasteiger partial charge in [0, 0.05) is 28.9 Å². The number of amides is 3. The predicted octanol–water partition coefficient (Wildman–Crippen LogP) is 3.08. The topological polar surface area (TPSA) is 166 Å². The fourth-order valence-electron chi connectivity index (χ4n) is 4.51. The van der Waals surface area contributed by atoms with Gasteiger partial charge in [-0.2, -0.15) is 11.8 Å². The van der Waals surface area contributed by atoms with E-state index in [0.717, 1.165) is 55.2 Å². The van der Waals surface area contributed by atoms with E-state index < -0.39 is 23.9 Å². The number of carbonyl (C=O) groups excluding carboxylic acids is 4. The van der Waals surface area contributed by atoms with E-state index in [9.17, 15) is 19.2 Å². The first-order valence-corrected chi connectivity index (χ1v) is 19.5. The zero-order valence-corrected chi connectivity index (χ0v) is 33.0. The Morgan fingerprint density at radius 2 is 1.19 bits per heavy atom. The van der Waals surface area contributed by atoms with Crippen molar-refractivity contribution in [1.82, 2.24) is 31.9 Å². The molecule has 0 radical (unpaired) electrons. The van der Waals surface area contributed by atoms with Gasteiger partial charge in [0.2, 0.25) is 17.7 Å². The lowest BCUT2D eigenvalue weighted by molar-refractivity contribution is -0.131. The average molecular weight is 796 g/mol. The molecule has 4 atom stereocenters. The summed E-state index contributed by atoms with van der Waals surface area (Å²) < 4.78 is 1.08. The van der Waals surface area contributed by atoms with E-state index in [0.29, 0.717) is 43.7 Å². The molecule has 0 aliphatic rings. The highest BCUT2D eigenvalue weighted by Crippen LogP contribution is 2.17. The summed E-state index contributed by atoms with van der Waals surface area (Å²) >= 11 is 3.80. The summed E-state index contributed by atoms with van der Waals surface area (Å²) in [4.78, 5) is 51.2. The van der Waals surface area contributed by atoms with Crippen molar-refractivity contribution in [3.05, 3.63) is 24.3 Å². The lowest BCUT2D eigenvalue weighted by atomic mass is 9.95. The number of thioether (sulfide) groups is 1. The van der Waals surface area contributed by atoms with Gasteiger partial charge in [0.1, 0.15) is 0 Å². The van der Waals surface area contributed by atoms with Crippen LogP contribution in [0, 0.1) is 5.92 Å². The molecule has 0 fully saturated rings. The molecule has 0 saturated carbocycles. The standard InChI is InChI=1S/C30H59N7O4S.C4H7I/c1-22(2)20-42-21-23(28(31)39)19-27(38)24(37-30(41)26(35-6)15-8-11-17-33-4)13-9-12-18-36-29(40)25(34-5)14-7-10-16-32-3;1-4(2)3-5/h23-26,32-35H,1,7-21H2,2-6H3,(H2,31,39)(H,36,40)(H,37,41);1,3H2,2H3/t23-,24-,25-,26?;/m0./s1. The second-order valence-electron chi connectivity index (χ2n) is 12.1. The van der Waals surface area contributed by atoms with Crippen LogP contribution in [0.15, 0.2) is 24.3 Å². The maximum absolute atomic E-state index is 13.4. The number of unbranched alkanes of at least 4 members (excludes halogenated alkanes) is 3. The summed E-state index contributed by atoms with van der Waals surface area (Å²) in [5, 5.41) is 18.3. The molecule has 0 aromatic heterocycles. The van der Waals surface area contributed by atoms with Crippen LogP contribution in [0.3, 0.4) is 0 Å². The van der Waals surface area contributed by atoms with Crippen molar-refractivity contribution in [1.29, 1.82) is 0 Å². The van der Waals surface area contributed by atoms with Crippen LogP contribution in [0.2, 0.25) is 0 Å². The number of ketones is 1. The van der Waals surface area contributed by atoms with E-state index in [1.165, 1.54) is 17.3 Å². The van der Waals surface area contributed by atoms with Crippen molar-refractivity contribution >= 4 is 57.9 Å². The van der Waals surface area contributed by atoms with Gasteiger partial charge in [-0.25, -0.2) is 0 Å².